The number of methoxy groups -OCH3 is 1. The number of halogens is 1. The summed E-state index contributed by atoms with van der Waals surface area (Å²) in [5.74, 6) is 1.65. The number of nitrogens with zero attached hydrogens (tertiary/aromatic N) is 3. The Morgan fingerprint density at radius 2 is 2.00 bits per heavy atom. The summed E-state index contributed by atoms with van der Waals surface area (Å²) in [5.41, 5.74) is 2.40. The van der Waals surface area contributed by atoms with E-state index in [9.17, 15) is 0 Å². The molecule has 0 fully saturated rings. The van der Waals surface area contributed by atoms with Gasteiger partial charge in [-0.1, -0.05) is 40.2 Å². The monoisotopic (exact) mass is 384 g/mol. The number of hydrogen-bond donors (Lipinski definition) is 1. The number of fused-ring (bicyclic) bond motifs is 1. The van der Waals surface area contributed by atoms with Crippen LogP contribution in [0.5, 0.6) is 5.75 Å². The lowest BCUT2D eigenvalue weighted by Gasteiger charge is -2.32. The molecule has 1 aliphatic heterocycles. The zero-order chi connectivity index (χ0) is 16.5. The van der Waals surface area contributed by atoms with Crippen molar-refractivity contribution in [2.75, 3.05) is 12.4 Å². The molecule has 0 radical (unpaired) electrons. The van der Waals surface area contributed by atoms with Gasteiger partial charge >= 0.3 is 0 Å². The third-order valence-corrected chi connectivity index (χ3v) is 4.85. The fourth-order valence-electron chi connectivity index (χ4n) is 3.19. The largest absolute Gasteiger partial charge is 0.497 e. The van der Waals surface area contributed by atoms with Crippen molar-refractivity contribution in [2.24, 2.45) is 0 Å². The van der Waals surface area contributed by atoms with Crippen LogP contribution in [0.3, 0.4) is 0 Å². The van der Waals surface area contributed by atoms with Crippen molar-refractivity contribution < 1.29 is 4.74 Å². The van der Waals surface area contributed by atoms with E-state index in [0.29, 0.717) is 0 Å². The lowest BCUT2D eigenvalue weighted by Crippen LogP contribution is -2.28. The highest BCUT2D eigenvalue weighted by Gasteiger charge is 2.30. The highest BCUT2D eigenvalue weighted by molar-refractivity contribution is 9.10. The first-order valence-corrected chi connectivity index (χ1v) is 8.59. The number of nitrogens with one attached hydrogen (secondary N) is 1. The van der Waals surface area contributed by atoms with E-state index >= 15 is 0 Å². The van der Waals surface area contributed by atoms with Gasteiger partial charge in [0.25, 0.3) is 0 Å². The zero-order valence-electron chi connectivity index (χ0n) is 13.2. The molecule has 2 heterocycles. The third-order valence-electron chi connectivity index (χ3n) is 4.36. The molecule has 0 unspecified atom stereocenters. The van der Waals surface area contributed by atoms with Crippen molar-refractivity contribution in [1.82, 2.24) is 14.8 Å². The Bertz CT molecular complexity index is 863. The summed E-state index contributed by atoms with van der Waals surface area (Å²) in [5, 5.41) is 7.89. The first-order chi connectivity index (χ1) is 11.7. The van der Waals surface area contributed by atoms with Crippen molar-refractivity contribution in [3.05, 3.63) is 70.5 Å². The summed E-state index contributed by atoms with van der Waals surface area (Å²) < 4.78 is 8.38. The summed E-state index contributed by atoms with van der Waals surface area (Å²) in [7, 11) is 1.69. The van der Waals surface area contributed by atoms with Gasteiger partial charge in [0.2, 0.25) is 5.95 Å². The van der Waals surface area contributed by atoms with E-state index < -0.39 is 0 Å². The van der Waals surface area contributed by atoms with Crippen LogP contribution in [-0.4, -0.2) is 21.9 Å². The molecule has 122 valence electrons. The molecule has 0 saturated heterocycles. The predicted octanol–water partition coefficient (Wildman–Crippen LogP) is 4.20. The smallest absolute Gasteiger partial charge is 0.222 e. The minimum absolute atomic E-state index is 0.137. The van der Waals surface area contributed by atoms with Gasteiger partial charge in [0.05, 0.1) is 19.2 Å². The molecule has 0 spiro atoms. The van der Waals surface area contributed by atoms with Crippen molar-refractivity contribution in [2.45, 2.75) is 18.5 Å². The molecule has 6 heteroatoms. The minimum atomic E-state index is 0.137. The first-order valence-electron chi connectivity index (χ1n) is 7.80. The molecule has 4 rings (SSSR count). The van der Waals surface area contributed by atoms with E-state index in [-0.39, 0.29) is 12.1 Å². The zero-order valence-corrected chi connectivity index (χ0v) is 14.8. The van der Waals surface area contributed by atoms with E-state index in [0.717, 1.165) is 22.6 Å². The minimum Gasteiger partial charge on any atom is -0.497 e. The van der Waals surface area contributed by atoms with Crippen molar-refractivity contribution in [1.29, 1.82) is 0 Å². The Hall–Kier alpha value is -2.34. The van der Waals surface area contributed by atoms with Gasteiger partial charge in [-0.3, -0.25) is 0 Å². The molecule has 1 aliphatic rings. The Morgan fingerprint density at radius 1 is 1.17 bits per heavy atom. The van der Waals surface area contributed by atoms with Gasteiger partial charge in [-0.05, 0) is 41.8 Å². The van der Waals surface area contributed by atoms with Crippen LogP contribution < -0.4 is 10.1 Å². The lowest BCUT2D eigenvalue weighted by molar-refractivity contribution is 0.410. The number of ether oxygens (including phenoxy) is 1. The molecule has 0 saturated carbocycles. The summed E-state index contributed by atoms with van der Waals surface area (Å²) >= 11 is 3.56. The van der Waals surface area contributed by atoms with Crippen LogP contribution in [0.4, 0.5) is 5.95 Å². The number of anilines is 1. The number of aromatic nitrogens is 3. The normalized spacial score (nSPS) is 19.4. The molecule has 24 heavy (non-hydrogen) atoms. The molecule has 2 atom stereocenters. The van der Waals surface area contributed by atoms with Gasteiger partial charge in [-0.15, -0.1) is 0 Å². The molecule has 1 N–H and O–H groups in total. The fraction of sp³-hybridized carbons (Fsp3) is 0.222. The maximum absolute atomic E-state index is 5.36. The van der Waals surface area contributed by atoms with Crippen LogP contribution >= 0.6 is 15.9 Å². The highest BCUT2D eigenvalue weighted by atomic mass is 79.9. The summed E-state index contributed by atoms with van der Waals surface area (Å²) in [6.45, 7) is 0. The fourth-order valence-corrected chi connectivity index (χ4v) is 3.61. The van der Waals surface area contributed by atoms with E-state index in [1.807, 2.05) is 22.9 Å². The second-order valence-corrected chi connectivity index (χ2v) is 6.72. The number of hydrogen-bond acceptors (Lipinski definition) is 4. The average Bonchev–Trinajstić information content (AvgIpc) is 3.09. The standard InChI is InChI=1S/C18H17BrN4O/c1-24-15-7-3-4-12(9-15)16-10-17(13-5-2-6-14(19)8-13)23-18(22-16)20-11-21-23/h2-9,11,16-17H,10H2,1H3,(H,20,21,22)/t16-,17+/m0/s1. The van der Waals surface area contributed by atoms with E-state index in [2.05, 4.69) is 61.7 Å². The van der Waals surface area contributed by atoms with Crippen LogP contribution in [0.2, 0.25) is 0 Å². The molecule has 3 aromatic rings. The molecular formula is C18H17BrN4O. The lowest BCUT2D eigenvalue weighted by atomic mass is 9.93. The Labute approximate surface area is 148 Å². The summed E-state index contributed by atoms with van der Waals surface area (Å²) in [4.78, 5) is 4.37. The molecule has 0 aliphatic carbocycles. The van der Waals surface area contributed by atoms with Crippen LogP contribution in [0.1, 0.15) is 29.6 Å². The Morgan fingerprint density at radius 3 is 2.83 bits per heavy atom. The van der Waals surface area contributed by atoms with E-state index in [4.69, 9.17) is 4.74 Å². The Kier molecular flexibility index (Phi) is 3.98. The quantitative estimate of drug-likeness (QED) is 0.735. The second kappa shape index (κ2) is 6.28. The van der Waals surface area contributed by atoms with Crippen LogP contribution in [0.15, 0.2) is 59.3 Å². The molecular weight excluding hydrogens is 368 g/mol. The first kappa shape index (κ1) is 15.2. The van der Waals surface area contributed by atoms with Gasteiger partial charge in [-0.2, -0.15) is 10.1 Å². The SMILES string of the molecule is COc1cccc([C@@H]2C[C@H](c3cccc(Br)c3)n3ncnc3N2)c1. The maximum atomic E-state index is 5.36. The summed E-state index contributed by atoms with van der Waals surface area (Å²) in [6.07, 6.45) is 2.49. The second-order valence-electron chi connectivity index (χ2n) is 5.81. The van der Waals surface area contributed by atoms with Crippen LogP contribution in [0, 0.1) is 0 Å². The summed E-state index contributed by atoms with van der Waals surface area (Å²) in [6, 6.07) is 16.8. The average molecular weight is 385 g/mol. The number of rotatable bonds is 3. The van der Waals surface area contributed by atoms with Gasteiger partial charge < -0.3 is 10.1 Å². The van der Waals surface area contributed by atoms with Crippen molar-refractivity contribution >= 4 is 21.9 Å². The molecule has 0 amide bonds. The van der Waals surface area contributed by atoms with Crippen molar-refractivity contribution in [3.63, 3.8) is 0 Å². The van der Waals surface area contributed by atoms with Gasteiger partial charge in [0.15, 0.2) is 0 Å². The van der Waals surface area contributed by atoms with Gasteiger partial charge in [0, 0.05) is 4.47 Å². The Balaban J connectivity index is 1.73. The molecule has 0 bridgehead atoms. The van der Waals surface area contributed by atoms with E-state index in [1.54, 1.807) is 13.4 Å². The van der Waals surface area contributed by atoms with Gasteiger partial charge in [-0.25, -0.2) is 4.68 Å². The highest BCUT2D eigenvalue weighted by Crippen LogP contribution is 2.38. The van der Waals surface area contributed by atoms with E-state index in [1.165, 1.54) is 11.1 Å². The molecule has 2 aromatic carbocycles. The molecule has 1 aromatic heterocycles. The van der Waals surface area contributed by atoms with Gasteiger partial charge in [0.1, 0.15) is 12.1 Å². The third kappa shape index (κ3) is 2.78. The van der Waals surface area contributed by atoms with Crippen LogP contribution in [0.25, 0.3) is 0 Å². The van der Waals surface area contributed by atoms with Crippen molar-refractivity contribution in [3.8, 4) is 5.75 Å². The van der Waals surface area contributed by atoms with Crippen LogP contribution in [-0.2, 0) is 0 Å². The predicted molar refractivity (Wildman–Crippen MR) is 96.3 cm³/mol. The maximum Gasteiger partial charge on any atom is 0.222 e. The molecule has 5 nitrogen and oxygen atoms in total. The topological polar surface area (TPSA) is 52.0 Å². The number of benzene rings is 2.